The van der Waals surface area contributed by atoms with Gasteiger partial charge >= 0.3 is 0 Å². The minimum Gasteiger partial charge on any atom is -0.493 e. The summed E-state index contributed by atoms with van der Waals surface area (Å²) in [5.41, 5.74) is 0. The average molecular weight is 331 g/mol. The number of carbonyl (C=O) groups excluding carboxylic acids is 1. The lowest BCUT2D eigenvalue weighted by atomic mass is 9.98. The highest BCUT2D eigenvalue weighted by molar-refractivity contribution is 5.76. The molecule has 1 saturated heterocycles. The van der Waals surface area contributed by atoms with Crippen LogP contribution in [0.3, 0.4) is 0 Å². The maximum atomic E-state index is 12.9. The molecule has 1 aromatic carbocycles. The molecule has 2 aromatic rings. The highest BCUT2D eigenvalue weighted by Crippen LogP contribution is 2.19. The van der Waals surface area contributed by atoms with Crippen LogP contribution in [-0.4, -0.2) is 40.3 Å². The summed E-state index contributed by atoms with van der Waals surface area (Å²) in [6, 6.07) is 7.90. The molecule has 1 atom stereocenters. The summed E-state index contributed by atoms with van der Waals surface area (Å²) < 4.78 is 20.4. The Balaban J connectivity index is 1.45. The molecule has 1 aliphatic heterocycles. The third kappa shape index (κ3) is 4.57. The van der Waals surface area contributed by atoms with Gasteiger partial charge in [0, 0.05) is 44.4 Å². The van der Waals surface area contributed by atoms with Crippen LogP contribution in [0.2, 0.25) is 0 Å². The third-order valence-corrected chi connectivity index (χ3v) is 4.28. The molecule has 0 radical (unpaired) electrons. The molecular formula is C18H22FN3O2. The van der Waals surface area contributed by atoms with Gasteiger partial charge in [0.15, 0.2) is 0 Å². The monoisotopic (exact) mass is 331 g/mol. The molecule has 6 heteroatoms. The Labute approximate surface area is 141 Å². The van der Waals surface area contributed by atoms with E-state index in [1.165, 1.54) is 12.1 Å². The van der Waals surface area contributed by atoms with Crippen molar-refractivity contribution in [3.05, 3.63) is 48.5 Å². The van der Waals surface area contributed by atoms with Gasteiger partial charge in [-0.25, -0.2) is 4.39 Å². The van der Waals surface area contributed by atoms with Gasteiger partial charge < -0.3 is 9.64 Å². The first kappa shape index (κ1) is 16.5. The number of hydrogen-bond acceptors (Lipinski definition) is 3. The van der Waals surface area contributed by atoms with E-state index in [1.54, 1.807) is 23.0 Å². The smallest absolute Gasteiger partial charge is 0.224 e. The van der Waals surface area contributed by atoms with Gasteiger partial charge in [0.2, 0.25) is 5.91 Å². The normalized spacial score (nSPS) is 17.7. The molecule has 5 nitrogen and oxygen atoms in total. The first-order valence-corrected chi connectivity index (χ1v) is 8.34. The molecule has 1 amide bonds. The molecule has 1 fully saturated rings. The number of ether oxygens (including phenoxy) is 1. The van der Waals surface area contributed by atoms with Crippen LogP contribution in [0, 0.1) is 11.7 Å². The fourth-order valence-corrected chi connectivity index (χ4v) is 2.97. The number of aromatic nitrogens is 2. The highest BCUT2D eigenvalue weighted by atomic mass is 19.1. The number of aryl methyl sites for hydroxylation is 1. The second kappa shape index (κ2) is 7.95. The van der Waals surface area contributed by atoms with E-state index in [2.05, 4.69) is 5.10 Å². The summed E-state index contributed by atoms with van der Waals surface area (Å²) in [4.78, 5) is 14.3. The fraction of sp³-hybridized carbons (Fsp3) is 0.444. The number of nitrogens with zero attached hydrogens (tertiary/aromatic N) is 3. The van der Waals surface area contributed by atoms with Crippen molar-refractivity contribution in [1.29, 1.82) is 0 Å². The number of piperidine rings is 1. The van der Waals surface area contributed by atoms with Crippen LogP contribution in [0.25, 0.3) is 0 Å². The van der Waals surface area contributed by atoms with Crippen LogP contribution in [-0.2, 0) is 11.3 Å². The molecule has 0 aliphatic carbocycles. The van der Waals surface area contributed by atoms with Crippen molar-refractivity contribution in [3.8, 4) is 5.75 Å². The molecule has 0 unspecified atom stereocenters. The van der Waals surface area contributed by atoms with Crippen LogP contribution in [0.15, 0.2) is 42.7 Å². The average Bonchev–Trinajstić information content (AvgIpc) is 3.13. The Morgan fingerprint density at radius 1 is 1.33 bits per heavy atom. The predicted octanol–water partition coefficient (Wildman–Crippen LogP) is 2.73. The Hall–Kier alpha value is -2.37. The summed E-state index contributed by atoms with van der Waals surface area (Å²) in [6.45, 7) is 2.69. The van der Waals surface area contributed by atoms with Gasteiger partial charge in [-0.05, 0) is 43.2 Å². The second-order valence-corrected chi connectivity index (χ2v) is 6.13. The predicted molar refractivity (Wildman–Crippen MR) is 88.0 cm³/mol. The summed E-state index contributed by atoms with van der Waals surface area (Å²) in [6.07, 6.45) is 6.08. The highest BCUT2D eigenvalue weighted by Gasteiger charge is 2.24. The van der Waals surface area contributed by atoms with E-state index in [1.807, 2.05) is 17.2 Å². The zero-order valence-electron chi connectivity index (χ0n) is 13.6. The van der Waals surface area contributed by atoms with Gasteiger partial charge in [0.25, 0.3) is 0 Å². The lowest BCUT2D eigenvalue weighted by Gasteiger charge is -2.32. The number of likely N-dealkylation sites (tertiary alicyclic amines) is 1. The van der Waals surface area contributed by atoms with E-state index in [-0.39, 0.29) is 11.7 Å². The largest absolute Gasteiger partial charge is 0.493 e. The van der Waals surface area contributed by atoms with Crippen molar-refractivity contribution in [1.82, 2.24) is 14.7 Å². The van der Waals surface area contributed by atoms with Crippen molar-refractivity contribution in [2.75, 3.05) is 19.7 Å². The van der Waals surface area contributed by atoms with Crippen molar-refractivity contribution < 1.29 is 13.9 Å². The maximum Gasteiger partial charge on any atom is 0.224 e. The van der Waals surface area contributed by atoms with E-state index >= 15 is 0 Å². The lowest BCUT2D eigenvalue weighted by molar-refractivity contribution is -0.133. The van der Waals surface area contributed by atoms with Crippen LogP contribution < -0.4 is 4.74 Å². The summed E-state index contributed by atoms with van der Waals surface area (Å²) >= 11 is 0. The number of carbonyl (C=O) groups is 1. The quantitative estimate of drug-likeness (QED) is 0.818. The number of hydrogen-bond donors (Lipinski definition) is 0. The first-order valence-electron chi connectivity index (χ1n) is 8.34. The molecule has 0 spiro atoms. The maximum absolute atomic E-state index is 12.9. The molecule has 24 heavy (non-hydrogen) atoms. The zero-order chi connectivity index (χ0) is 16.8. The van der Waals surface area contributed by atoms with Gasteiger partial charge in [-0.3, -0.25) is 9.48 Å². The minimum atomic E-state index is -0.269. The van der Waals surface area contributed by atoms with Crippen molar-refractivity contribution in [3.63, 3.8) is 0 Å². The minimum absolute atomic E-state index is 0.164. The number of rotatable bonds is 6. The van der Waals surface area contributed by atoms with E-state index in [0.29, 0.717) is 31.2 Å². The van der Waals surface area contributed by atoms with Gasteiger partial charge in [0.1, 0.15) is 11.6 Å². The Kier molecular flexibility index (Phi) is 5.46. The molecule has 0 saturated carbocycles. The van der Waals surface area contributed by atoms with Crippen molar-refractivity contribution in [2.45, 2.75) is 25.8 Å². The number of halogens is 1. The molecular weight excluding hydrogens is 309 g/mol. The van der Waals surface area contributed by atoms with Gasteiger partial charge in [-0.15, -0.1) is 0 Å². The molecule has 1 aromatic heterocycles. The molecule has 2 heterocycles. The van der Waals surface area contributed by atoms with Crippen LogP contribution in [0.4, 0.5) is 4.39 Å². The molecule has 0 N–H and O–H groups in total. The third-order valence-electron chi connectivity index (χ3n) is 4.28. The van der Waals surface area contributed by atoms with E-state index in [4.69, 9.17) is 4.74 Å². The molecule has 0 bridgehead atoms. The standard InChI is InChI=1S/C18H22FN3O2/c19-16-4-6-17(7-5-16)24-14-15-3-1-10-21(13-15)18(23)8-12-22-11-2-9-20-22/h2,4-7,9,11,15H,1,3,8,10,12-14H2/t15-/m1/s1. The van der Waals surface area contributed by atoms with Gasteiger partial charge in [-0.1, -0.05) is 0 Å². The second-order valence-electron chi connectivity index (χ2n) is 6.13. The SMILES string of the molecule is O=C(CCn1cccn1)N1CCC[C@@H](COc2ccc(F)cc2)C1. The van der Waals surface area contributed by atoms with Crippen molar-refractivity contribution >= 4 is 5.91 Å². The summed E-state index contributed by atoms with van der Waals surface area (Å²) in [5, 5.41) is 4.12. The molecule has 128 valence electrons. The number of benzene rings is 1. The van der Waals surface area contributed by atoms with E-state index in [0.717, 1.165) is 25.9 Å². The van der Waals surface area contributed by atoms with E-state index in [9.17, 15) is 9.18 Å². The van der Waals surface area contributed by atoms with Crippen molar-refractivity contribution in [2.24, 2.45) is 5.92 Å². The molecule has 3 rings (SSSR count). The van der Waals surface area contributed by atoms with E-state index < -0.39 is 0 Å². The van der Waals surface area contributed by atoms with Gasteiger partial charge in [-0.2, -0.15) is 5.10 Å². The van der Waals surface area contributed by atoms with Gasteiger partial charge in [0.05, 0.1) is 6.61 Å². The lowest BCUT2D eigenvalue weighted by Crippen LogP contribution is -2.41. The van der Waals surface area contributed by atoms with Crippen LogP contribution >= 0.6 is 0 Å². The molecule has 1 aliphatic rings. The first-order chi connectivity index (χ1) is 11.7. The summed E-state index contributed by atoms with van der Waals surface area (Å²) in [7, 11) is 0. The topological polar surface area (TPSA) is 47.4 Å². The Bertz CT molecular complexity index is 643. The fourth-order valence-electron chi connectivity index (χ4n) is 2.97. The van der Waals surface area contributed by atoms with Crippen LogP contribution in [0.5, 0.6) is 5.75 Å². The van der Waals surface area contributed by atoms with Crippen LogP contribution in [0.1, 0.15) is 19.3 Å². The zero-order valence-corrected chi connectivity index (χ0v) is 13.6. The Morgan fingerprint density at radius 2 is 2.17 bits per heavy atom. The number of amides is 1. The Morgan fingerprint density at radius 3 is 2.92 bits per heavy atom. The summed E-state index contributed by atoms with van der Waals surface area (Å²) in [5.74, 6) is 0.877.